The fraction of sp³-hybridized carbons (Fsp3) is 0.150. The Bertz CT molecular complexity index is 887. The van der Waals surface area contributed by atoms with E-state index in [2.05, 4.69) is 15.6 Å². The molecule has 2 N–H and O–H groups in total. The summed E-state index contributed by atoms with van der Waals surface area (Å²) < 4.78 is 5.17. The first-order valence-corrected chi connectivity index (χ1v) is 8.22. The molecule has 0 aliphatic heterocycles. The van der Waals surface area contributed by atoms with Crippen LogP contribution in [0.2, 0.25) is 0 Å². The number of furan rings is 1. The molecule has 0 aliphatic rings. The van der Waals surface area contributed by atoms with Crippen molar-refractivity contribution in [3.8, 4) is 0 Å². The molecule has 0 radical (unpaired) electrons. The van der Waals surface area contributed by atoms with Crippen LogP contribution in [0.25, 0.3) is 0 Å². The third-order valence-electron chi connectivity index (χ3n) is 3.83. The Labute approximate surface area is 151 Å². The third kappa shape index (κ3) is 4.57. The van der Waals surface area contributed by atoms with Crippen LogP contribution in [-0.2, 0) is 13.1 Å². The number of hydrogen-bond donors (Lipinski definition) is 2. The smallest absolute Gasteiger partial charge is 0.270 e. The first-order valence-electron chi connectivity index (χ1n) is 8.22. The van der Waals surface area contributed by atoms with Crippen molar-refractivity contribution in [1.82, 2.24) is 15.6 Å². The van der Waals surface area contributed by atoms with Crippen LogP contribution >= 0.6 is 0 Å². The summed E-state index contributed by atoms with van der Waals surface area (Å²) in [7, 11) is 0. The number of aromatic nitrogens is 1. The number of rotatable bonds is 6. The Hall–Kier alpha value is -3.41. The van der Waals surface area contributed by atoms with Gasteiger partial charge in [-0.15, -0.1) is 0 Å². The van der Waals surface area contributed by atoms with E-state index in [4.69, 9.17) is 4.42 Å². The second-order valence-electron chi connectivity index (χ2n) is 5.86. The Kier molecular flexibility index (Phi) is 5.43. The molecule has 0 fully saturated rings. The molecular weight excluding hydrogens is 330 g/mol. The van der Waals surface area contributed by atoms with E-state index >= 15 is 0 Å². The minimum Gasteiger partial charge on any atom is -0.467 e. The number of aryl methyl sites for hydroxylation is 1. The van der Waals surface area contributed by atoms with E-state index in [0.29, 0.717) is 17.9 Å². The van der Waals surface area contributed by atoms with Crippen molar-refractivity contribution in [2.75, 3.05) is 0 Å². The first kappa shape index (κ1) is 17.4. The van der Waals surface area contributed by atoms with Crippen LogP contribution in [0.1, 0.15) is 37.7 Å². The normalized spacial score (nSPS) is 10.3. The van der Waals surface area contributed by atoms with Crippen molar-refractivity contribution < 1.29 is 14.0 Å². The van der Waals surface area contributed by atoms with Crippen molar-refractivity contribution >= 4 is 11.8 Å². The van der Waals surface area contributed by atoms with Crippen molar-refractivity contribution in [2.45, 2.75) is 20.0 Å². The molecule has 0 unspecified atom stereocenters. The van der Waals surface area contributed by atoms with Gasteiger partial charge in [0.05, 0.1) is 12.8 Å². The van der Waals surface area contributed by atoms with Crippen molar-refractivity contribution in [3.63, 3.8) is 0 Å². The first-order chi connectivity index (χ1) is 12.6. The van der Waals surface area contributed by atoms with E-state index < -0.39 is 0 Å². The summed E-state index contributed by atoms with van der Waals surface area (Å²) in [5, 5.41) is 5.55. The Morgan fingerprint density at radius 3 is 2.50 bits per heavy atom. The summed E-state index contributed by atoms with van der Waals surface area (Å²) in [4.78, 5) is 28.5. The molecule has 0 spiro atoms. The molecule has 3 rings (SSSR count). The van der Waals surface area contributed by atoms with Gasteiger partial charge in [-0.1, -0.05) is 29.8 Å². The molecule has 0 aliphatic carbocycles. The summed E-state index contributed by atoms with van der Waals surface area (Å²) in [5.74, 6) is 0.0334. The zero-order valence-corrected chi connectivity index (χ0v) is 14.4. The number of amides is 2. The average Bonchev–Trinajstić information content (AvgIpc) is 3.19. The number of pyridine rings is 1. The number of benzene rings is 1. The molecule has 0 saturated carbocycles. The number of nitrogens with one attached hydrogen (secondary N) is 2. The van der Waals surface area contributed by atoms with Crippen LogP contribution in [0, 0.1) is 6.92 Å². The lowest BCUT2D eigenvalue weighted by Gasteiger charge is -2.07. The standard InChI is InChI=1S/C20H19N3O3/c1-14-4-6-15(7-5-14)12-22-20(25)18-11-16(8-9-21-18)19(24)23-13-17-3-2-10-26-17/h2-11H,12-13H2,1H3,(H,22,25)(H,23,24). The molecule has 2 aromatic heterocycles. The Morgan fingerprint density at radius 1 is 1.00 bits per heavy atom. The lowest BCUT2D eigenvalue weighted by Crippen LogP contribution is -2.26. The summed E-state index contributed by atoms with van der Waals surface area (Å²) in [6, 6.07) is 14.5. The molecule has 6 heteroatoms. The van der Waals surface area contributed by atoms with E-state index in [9.17, 15) is 9.59 Å². The van der Waals surface area contributed by atoms with E-state index in [0.717, 1.165) is 11.1 Å². The Morgan fingerprint density at radius 2 is 1.77 bits per heavy atom. The van der Waals surface area contributed by atoms with Crippen molar-refractivity contribution in [1.29, 1.82) is 0 Å². The van der Waals surface area contributed by atoms with Gasteiger partial charge >= 0.3 is 0 Å². The van der Waals surface area contributed by atoms with Gasteiger partial charge in [0.1, 0.15) is 11.5 Å². The van der Waals surface area contributed by atoms with E-state index in [1.165, 1.54) is 12.3 Å². The minimum atomic E-state index is -0.328. The van der Waals surface area contributed by atoms with Gasteiger partial charge in [0.2, 0.25) is 0 Å². The lowest BCUT2D eigenvalue weighted by atomic mass is 10.1. The predicted octanol–water partition coefficient (Wildman–Crippen LogP) is 2.84. The summed E-state index contributed by atoms with van der Waals surface area (Å²) in [6.07, 6.45) is 2.99. The van der Waals surface area contributed by atoms with Gasteiger partial charge < -0.3 is 15.1 Å². The molecular formula is C20H19N3O3. The molecule has 0 atom stereocenters. The predicted molar refractivity (Wildman–Crippen MR) is 96.5 cm³/mol. The molecule has 6 nitrogen and oxygen atoms in total. The number of carbonyl (C=O) groups excluding carboxylic acids is 2. The summed E-state index contributed by atoms with van der Waals surface area (Å²) >= 11 is 0. The van der Waals surface area contributed by atoms with Gasteiger partial charge in [-0.3, -0.25) is 14.6 Å². The van der Waals surface area contributed by atoms with Crippen LogP contribution < -0.4 is 10.6 Å². The maximum atomic E-state index is 12.3. The Balaban J connectivity index is 1.59. The molecule has 1 aromatic carbocycles. The van der Waals surface area contributed by atoms with Crippen LogP contribution in [0.4, 0.5) is 0 Å². The lowest BCUT2D eigenvalue weighted by molar-refractivity contribution is 0.0946. The molecule has 132 valence electrons. The second kappa shape index (κ2) is 8.11. The SMILES string of the molecule is Cc1ccc(CNC(=O)c2cc(C(=O)NCc3ccco3)ccn2)cc1. The molecule has 3 aromatic rings. The van der Waals surface area contributed by atoms with Gasteiger partial charge in [-0.2, -0.15) is 0 Å². The zero-order chi connectivity index (χ0) is 18.4. The molecule has 0 saturated heterocycles. The highest BCUT2D eigenvalue weighted by molar-refractivity contribution is 5.98. The van der Waals surface area contributed by atoms with Crippen LogP contribution in [0.15, 0.2) is 65.4 Å². The topological polar surface area (TPSA) is 84.2 Å². The van der Waals surface area contributed by atoms with Gasteiger partial charge in [-0.05, 0) is 36.8 Å². The van der Waals surface area contributed by atoms with E-state index in [1.54, 1.807) is 24.5 Å². The molecule has 2 amide bonds. The fourth-order valence-corrected chi connectivity index (χ4v) is 2.36. The minimum absolute atomic E-state index is 0.197. The van der Waals surface area contributed by atoms with E-state index in [-0.39, 0.29) is 24.1 Å². The second-order valence-corrected chi connectivity index (χ2v) is 5.86. The average molecular weight is 349 g/mol. The number of nitrogens with zero attached hydrogens (tertiary/aromatic N) is 1. The van der Waals surface area contributed by atoms with Crippen LogP contribution in [0.3, 0.4) is 0 Å². The van der Waals surface area contributed by atoms with Crippen LogP contribution in [0.5, 0.6) is 0 Å². The monoisotopic (exact) mass is 349 g/mol. The van der Waals surface area contributed by atoms with Gasteiger partial charge in [-0.25, -0.2) is 0 Å². The largest absolute Gasteiger partial charge is 0.467 e. The summed E-state index contributed by atoms with van der Waals surface area (Å²) in [5.41, 5.74) is 2.72. The van der Waals surface area contributed by atoms with E-state index in [1.807, 2.05) is 31.2 Å². The van der Waals surface area contributed by atoms with Crippen LogP contribution in [-0.4, -0.2) is 16.8 Å². The quantitative estimate of drug-likeness (QED) is 0.717. The van der Waals surface area contributed by atoms with Crippen molar-refractivity contribution in [2.24, 2.45) is 0 Å². The van der Waals surface area contributed by atoms with Crippen molar-refractivity contribution in [3.05, 3.63) is 89.1 Å². The van der Waals surface area contributed by atoms with Gasteiger partial charge in [0.15, 0.2) is 0 Å². The molecule has 2 heterocycles. The molecule has 26 heavy (non-hydrogen) atoms. The highest BCUT2D eigenvalue weighted by Crippen LogP contribution is 2.06. The maximum Gasteiger partial charge on any atom is 0.270 e. The number of carbonyl (C=O) groups is 2. The summed E-state index contributed by atoms with van der Waals surface area (Å²) in [6.45, 7) is 2.69. The number of hydrogen-bond acceptors (Lipinski definition) is 4. The van der Waals surface area contributed by atoms with Gasteiger partial charge in [0.25, 0.3) is 11.8 Å². The third-order valence-corrected chi connectivity index (χ3v) is 3.83. The highest BCUT2D eigenvalue weighted by Gasteiger charge is 2.12. The fourth-order valence-electron chi connectivity index (χ4n) is 2.36. The van der Waals surface area contributed by atoms with Gasteiger partial charge in [0, 0.05) is 18.3 Å². The highest BCUT2D eigenvalue weighted by atomic mass is 16.3. The maximum absolute atomic E-state index is 12.3. The molecule has 0 bridgehead atoms. The zero-order valence-electron chi connectivity index (χ0n) is 14.4.